The molecule has 5 heteroatoms. The molecule has 120 valence electrons. The van der Waals surface area contributed by atoms with Gasteiger partial charge in [-0.1, -0.05) is 28.1 Å². The topological polar surface area (TPSA) is 23.6 Å². The fraction of sp³-hybridized carbons (Fsp3) is 0.389. The lowest BCUT2D eigenvalue weighted by molar-refractivity contribution is -0.138. The third-order valence-corrected chi connectivity index (χ3v) is 6.39. The SMILES string of the molecule is O=C(Cc1ccc(Br)cc1)N1CC(N2CCc3sccc3C2)C1. The Bertz CT molecular complexity index is 706. The average Bonchev–Trinajstić information content (AvgIpc) is 2.96. The molecule has 23 heavy (non-hydrogen) atoms. The van der Waals surface area contributed by atoms with E-state index in [0.717, 1.165) is 42.6 Å². The molecule has 0 N–H and O–H groups in total. The van der Waals surface area contributed by atoms with Gasteiger partial charge in [0.1, 0.15) is 0 Å². The van der Waals surface area contributed by atoms with Gasteiger partial charge < -0.3 is 4.90 Å². The van der Waals surface area contributed by atoms with E-state index in [1.807, 2.05) is 40.5 Å². The average molecular weight is 391 g/mol. The van der Waals surface area contributed by atoms with Crippen molar-refractivity contribution in [1.29, 1.82) is 0 Å². The molecule has 4 rings (SSSR count). The summed E-state index contributed by atoms with van der Waals surface area (Å²) in [7, 11) is 0. The minimum Gasteiger partial charge on any atom is -0.339 e. The van der Waals surface area contributed by atoms with Crippen LogP contribution >= 0.6 is 27.3 Å². The predicted octanol–water partition coefficient (Wildman–Crippen LogP) is 3.32. The molecule has 1 aromatic heterocycles. The highest BCUT2D eigenvalue weighted by Gasteiger charge is 2.35. The van der Waals surface area contributed by atoms with Crippen LogP contribution in [0.2, 0.25) is 0 Å². The highest BCUT2D eigenvalue weighted by molar-refractivity contribution is 9.10. The van der Waals surface area contributed by atoms with Crippen molar-refractivity contribution in [3.8, 4) is 0 Å². The number of rotatable bonds is 3. The van der Waals surface area contributed by atoms with Gasteiger partial charge in [0.15, 0.2) is 0 Å². The molecule has 0 aliphatic carbocycles. The van der Waals surface area contributed by atoms with E-state index in [0.29, 0.717) is 12.5 Å². The molecule has 0 saturated carbocycles. The van der Waals surface area contributed by atoms with Gasteiger partial charge >= 0.3 is 0 Å². The van der Waals surface area contributed by atoms with Crippen molar-refractivity contribution in [2.24, 2.45) is 0 Å². The Morgan fingerprint density at radius 2 is 2.00 bits per heavy atom. The third-order valence-electron chi connectivity index (χ3n) is 4.84. The van der Waals surface area contributed by atoms with Gasteiger partial charge in [0.2, 0.25) is 5.91 Å². The second kappa shape index (κ2) is 6.38. The number of thiophene rings is 1. The van der Waals surface area contributed by atoms with E-state index in [9.17, 15) is 4.79 Å². The van der Waals surface area contributed by atoms with Crippen molar-refractivity contribution in [2.75, 3.05) is 19.6 Å². The van der Waals surface area contributed by atoms with E-state index in [-0.39, 0.29) is 5.91 Å². The van der Waals surface area contributed by atoms with Crippen molar-refractivity contribution < 1.29 is 4.79 Å². The summed E-state index contributed by atoms with van der Waals surface area (Å²) >= 11 is 5.30. The van der Waals surface area contributed by atoms with Crippen molar-refractivity contribution in [3.05, 3.63) is 56.2 Å². The van der Waals surface area contributed by atoms with Crippen LogP contribution in [0.15, 0.2) is 40.2 Å². The number of carbonyl (C=O) groups is 1. The number of hydrogen-bond donors (Lipinski definition) is 0. The molecule has 2 aliphatic heterocycles. The second-order valence-corrected chi connectivity index (χ2v) is 8.26. The van der Waals surface area contributed by atoms with Crippen LogP contribution in [-0.4, -0.2) is 41.4 Å². The van der Waals surface area contributed by atoms with Gasteiger partial charge in [-0.3, -0.25) is 9.69 Å². The number of carbonyl (C=O) groups excluding carboxylic acids is 1. The zero-order chi connectivity index (χ0) is 15.8. The Balaban J connectivity index is 1.29. The van der Waals surface area contributed by atoms with Gasteiger partial charge in [-0.15, -0.1) is 11.3 Å². The highest BCUT2D eigenvalue weighted by atomic mass is 79.9. The minimum absolute atomic E-state index is 0.247. The first-order valence-electron chi connectivity index (χ1n) is 8.00. The molecule has 2 aromatic rings. The molecular weight excluding hydrogens is 372 g/mol. The van der Waals surface area contributed by atoms with Gasteiger partial charge in [-0.2, -0.15) is 0 Å². The summed E-state index contributed by atoms with van der Waals surface area (Å²) in [6.07, 6.45) is 1.67. The van der Waals surface area contributed by atoms with E-state index in [4.69, 9.17) is 0 Å². The highest BCUT2D eigenvalue weighted by Crippen LogP contribution is 2.27. The molecule has 3 nitrogen and oxygen atoms in total. The lowest BCUT2D eigenvalue weighted by Crippen LogP contribution is -2.61. The van der Waals surface area contributed by atoms with E-state index < -0.39 is 0 Å². The summed E-state index contributed by atoms with van der Waals surface area (Å²) in [6.45, 7) is 3.95. The molecule has 1 amide bonds. The van der Waals surface area contributed by atoms with Crippen LogP contribution in [-0.2, 0) is 24.2 Å². The maximum atomic E-state index is 12.4. The summed E-state index contributed by atoms with van der Waals surface area (Å²) in [4.78, 5) is 18.4. The first-order chi connectivity index (χ1) is 11.2. The van der Waals surface area contributed by atoms with Gasteiger partial charge in [0.25, 0.3) is 0 Å². The van der Waals surface area contributed by atoms with Crippen LogP contribution in [0.5, 0.6) is 0 Å². The van der Waals surface area contributed by atoms with Crippen molar-refractivity contribution in [1.82, 2.24) is 9.80 Å². The lowest BCUT2D eigenvalue weighted by Gasteiger charge is -2.46. The van der Waals surface area contributed by atoms with Crippen LogP contribution in [0.1, 0.15) is 16.0 Å². The standard InChI is InChI=1S/C18H19BrN2OS/c19-15-3-1-13(2-4-15)9-18(22)21-11-16(12-21)20-7-5-17-14(10-20)6-8-23-17/h1-4,6,8,16H,5,7,9-12H2. The Labute approximate surface area is 149 Å². The molecule has 0 bridgehead atoms. The zero-order valence-corrected chi connectivity index (χ0v) is 15.3. The quantitative estimate of drug-likeness (QED) is 0.802. The van der Waals surface area contributed by atoms with Crippen molar-refractivity contribution in [2.45, 2.75) is 25.4 Å². The number of fused-ring (bicyclic) bond motifs is 1. The van der Waals surface area contributed by atoms with Crippen molar-refractivity contribution >= 4 is 33.2 Å². The Hall–Kier alpha value is -1.17. The zero-order valence-electron chi connectivity index (χ0n) is 12.9. The third kappa shape index (κ3) is 3.23. The summed E-state index contributed by atoms with van der Waals surface area (Å²) in [6, 6.07) is 10.8. The number of benzene rings is 1. The van der Waals surface area contributed by atoms with E-state index >= 15 is 0 Å². The summed E-state index contributed by atoms with van der Waals surface area (Å²) in [5.41, 5.74) is 2.57. The van der Waals surface area contributed by atoms with Crippen LogP contribution in [0.25, 0.3) is 0 Å². The number of amides is 1. The lowest BCUT2D eigenvalue weighted by atomic mass is 10.0. The van der Waals surface area contributed by atoms with E-state index in [1.165, 1.54) is 5.56 Å². The van der Waals surface area contributed by atoms with Crippen molar-refractivity contribution in [3.63, 3.8) is 0 Å². The van der Waals surface area contributed by atoms with Gasteiger partial charge in [-0.25, -0.2) is 0 Å². The van der Waals surface area contributed by atoms with Crippen LogP contribution in [0.3, 0.4) is 0 Å². The summed E-state index contributed by atoms with van der Waals surface area (Å²) in [5, 5.41) is 2.20. The molecule has 0 spiro atoms. The monoisotopic (exact) mass is 390 g/mol. The Morgan fingerprint density at radius 3 is 2.78 bits per heavy atom. The molecular formula is C18H19BrN2OS. The number of hydrogen-bond acceptors (Lipinski definition) is 3. The molecule has 0 atom stereocenters. The molecule has 1 fully saturated rings. The van der Waals surface area contributed by atoms with Gasteiger partial charge in [0.05, 0.1) is 6.42 Å². The predicted molar refractivity (Wildman–Crippen MR) is 96.6 cm³/mol. The molecule has 2 aliphatic rings. The smallest absolute Gasteiger partial charge is 0.227 e. The Kier molecular flexibility index (Phi) is 4.26. The fourth-order valence-electron chi connectivity index (χ4n) is 3.36. The summed E-state index contributed by atoms with van der Waals surface area (Å²) in [5.74, 6) is 0.247. The largest absolute Gasteiger partial charge is 0.339 e. The molecule has 1 saturated heterocycles. The van der Waals surface area contributed by atoms with Gasteiger partial charge in [0, 0.05) is 41.6 Å². The Morgan fingerprint density at radius 1 is 1.22 bits per heavy atom. The second-order valence-electron chi connectivity index (χ2n) is 6.35. The number of likely N-dealkylation sites (tertiary alicyclic amines) is 1. The normalized spacial score (nSPS) is 18.6. The van der Waals surface area contributed by atoms with E-state index in [2.05, 4.69) is 32.3 Å². The van der Waals surface area contributed by atoms with Crippen LogP contribution in [0.4, 0.5) is 0 Å². The number of nitrogens with zero attached hydrogens (tertiary/aromatic N) is 2. The van der Waals surface area contributed by atoms with Gasteiger partial charge in [-0.05, 0) is 41.1 Å². The fourth-order valence-corrected chi connectivity index (χ4v) is 4.51. The van der Waals surface area contributed by atoms with Crippen LogP contribution in [0, 0.1) is 0 Å². The molecule has 0 unspecified atom stereocenters. The molecule has 0 radical (unpaired) electrons. The first-order valence-corrected chi connectivity index (χ1v) is 9.68. The van der Waals surface area contributed by atoms with E-state index in [1.54, 1.807) is 4.88 Å². The van der Waals surface area contributed by atoms with Crippen LogP contribution < -0.4 is 0 Å². The minimum atomic E-state index is 0.247. The maximum absolute atomic E-state index is 12.4. The number of halogens is 1. The molecule has 3 heterocycles. The molecule has 1 aromatic carbocycles. The summed E-state index contributed by atoms with van der Waals surface area (Å²) < 4.78 is 1.05. The maximum Gasteiger partial charge on any atom is 0.227 e. The first kappa shape index (κ1) is 15.4.